The Kier molecular flexibility index (Phi) is 4.33. The van der Waals surface area contributed by atoms with Crippen molar-refractivity contribution in [2.45, 2.75) is 39.4 Å². The van der Waals surface area contributed by atoms with Crippen LogP contribution in [-0.4, -0.2) is 19.5 Å². The highest BCUT2D eigenvalue weighted by molar-refractivity contribution is 4.95. The predicted octanol–water partition coefficient (Wildman–Crippen LogP) is 2.50. The van der Waals surface area contributed by atoms with Gasteiger partial charge in [-0.15, -0.1) is 0 Å². The van der Waals surface area contributed by atoms with E-state index in [9.17, 15) is 0 Å². The third kappa shape index (κ3) is 3.37. The minimum absolute atomic E-state index is 0.0497. The van der Waals surface area contributed by atoms with Crippen LogP contribution in [0.5, 0.6) is 0 Å². The lowest BCUT2D eigenvalue weighted by molar-refractivity contribution is -0.156. The van der Waals surface area contributed by atoms with Crippen molar-refractivity contribution in [1.82, 2.24) is 0 Å². The number of rotatable bonds is 3. The van der Waals surface area contributed by atoms with E-state index in [1.54, 1.807) is 0 Å². The number of ether oxygens (including phenoxy) is 2. The maximum Gasteiger partial charge on any atom is 0.158 e. The van der Waals surface area contributed by atoms with E-state index in [2.05, 4.69) is 13.0 Å². The van der Waals surface area contributed by atoms with Gasteiger partial charge in [0.15, 0.2) is 6.29 Å². The lowest BCUT2D eigenvalue weighted by atomic mass is 10.2. The molecular formula is C10H18O2. The second kappa shape index (κ2) is 5.33. The molecule has 1 rings (SSSR count). The van der Waals surface area contributed by atoms with E-state index in [1.807, 2.05) is 6.92 Å². The first-order chi connectivity index (χ1) is 5.83. The molecule has 1 aliphatic heterocycles. The van der Waals surface area contributed by atoms with Crippen LogP contribution in [0.3, 0.4) is 0 Å². The highest BCUT2D eigenvalue weighted by Crippen LogP contribution is 2.14. The molecule has 0 aromatic carbocycles. The Morgan fingerprint density at radius 2 is 2.42 bits per heavy atom. The Labute approximate surface area is 74.6 Å². The van der Waals surface area contributed by atoms with Crippen molar-refractivity contribution in [2.24, 2.45) is 0 Å². The van der Waals surface area contributed by atoms with Crippen LogP contribution >= 0.6 is 0 Å². The van der Waals surface area contributed by atoms with Gasteiger partial charge < -0.3 is 9.47 Å². The van der Waals surface area contributed by atoms with Gasteiger partial charge in [0.25, 0.3) is 0 Å². The van der Waals surface area contributed by atoms with Gasteiger partial charge in [-0.1, -0.05) is 11.6 Å². The Balaban J connectivity index is 2.13. The fraction of sp³-hybridized carbons (Fsp3) is 0.800. The molecule has 1 atom stereocenters. The minimum Gasteiger partial charge on any atom is -0.353 e. The predicted molar refractivity (Wildman–Crippen MR) is 49.0 cm³/mol. The molecule has 0 unspecified atom stereocenters. The normalized spacial score (nSPS) is 25.8. The average Bonchev–Trinajstić information content (AvgIpc) is 2.16. The van der Waals surface area contributed by atoms with Crippen LogP contribution in [0.25, 0.3) is 0 Å². The van der Waals surface area contributed by atoms with Gasteiger partial charge in [-0.25, -0.2) is 0 Å². The topological polar surface area (TPSA) is 18.5 Å². The Hall–Kier alpha value is -0.340. The lowest BCUT2D eigenvalue weighted by Gasteiger charge is -2.22. The van der Waals surface area contributed by atoms with Gasteiger partial charge in [0.2, 0.25) is 0 Å². The molecule has 0 spiro atoms. The van der Waals surface area contributed by atoms with Crippen molar-refractivity contribution >= 4 is 0 Å². The Bertz CT molecular complexity index is 146. The first-order valence-electron chi connectivity index (χ1n) is 4.68. The standard InChI is InChI=1S/C10H18O2/c1-3-9(2)8-12-10-6-4-5-7-11-10/h3,10H,4-8H2,1-2H3/b9-3-/t10-/m0/s1. The van der Waals surface area contributed by atoms with Crippen LogP contribution in [0.2, 0.25) is 0 Å². The van der Waals surface area contributed by atoms with E-state index in [0.29, 0.717) is 6.61 Å². The molecule has 0 aromatic rings. The zero-order valence-corrected chi connectivity index (χ0v) is 8.01. The molecule has 70 valence electrons. The molecule has 0 amide bonds. The fourth-order valence-corrected chi connectivity index (χ4v) is 1.15. The van der Waals surface area contributed by atoms with E-state index < -0.39 is 0 Å². The van der Waals surface area contributed by atoms with E-state index in [0.717, 1.165) is 13.0 Å². The second-order valence-electron chi connectivity index (χ2n) is 3.24. The van der Waals surface area contributed by atoms with E-state index in [4.69, 9.17) is 9.47 Å². The molecule has 1 fully saturated rings. The summed E-state index contributed by atoms with van der Waals surface area (Å²) in [5, 5.41) is 0. The van der Waals surface area contributed by atoms with Crippen molar-refractivity contribution in [3.05, 3.63) is 11.6 Å². The van der Waals surface area contributed by atoms with Crippen LogP contribution in [0.15, 0.2) is 11.6 Å². The fourth-order valence-electron chi connectivity index (χ4n) is 1.15. The number of hydrogen-bond acceptors (Lipinski definition) is 2. The molecule has 1 aliphatic rings. The maximum absolute atomic E-state index is 5.55. The molecule has 0 aliphatic carbocycles. The Morgan fingerprint density at radius 3 is 3.00 bits per heavy atom. The summed E-state index contributed by atoms with van der Waals surface area (Å²) < 4.78 is 11.0. The minimum atomic E-state index is 0.0497. The van der Waals surface area contributed by atoms with Gasteiger partial charge in [-0.05, 0) is 33.1 Å². The van der Waals surface area contributed by atoms with Crippen molar-refractivity contribution in [3.8, 4) is 0 Å². The van der Waals surface area contributed by atoms with Crippen LogP contribution in [0.4, 0.5) is 0 Å². The van der Waals surface area contributed by atoms with Crippen LogP contribution < -0.4 is 0 Å². The van der Waals surface area contributed by atoms with Gasteiger partial charge in [0, 0.05) is 6.61 Å². The summed E-state index contributed by atoms with van der Waals surface area (Å²) in [7, 11) is 0. The average molecular weight is 170 g/mol. The van der Waals surface area contributed by atoms with Crippen LogP contribution in [-0.2, 0) is 9.47 Å². The molecule has 1 heterocycles. The van der Waals surface area contributed by atoms with Gasteiger partial charge in [-0.3, -0.25) is 0 Å². The van der Waals surface area contributed by atoms with E-state index in [-0.39, 0.29) is 6.29 Å². The molecule has 12 heavy (non-hydrogen) atoms. The summed E-state index contributed by atoms with van der Waals surface area (Å²) in [4.78, 5) is 0. The summed E-state index contributed by atoms with van der Waals surface area (Å²) in [6, 6.07) is 0. The smallest absolute Gasteiger partial charge is 0.158 e. The van der Waals surface area contributed by atoms with Gasteiger partial charge in [-0.2, -0.15) is 0 Å². The first kappa shape index (κ1) is 9.75. The summed E-state index contributed by atoms with van der Waals surface area (Å²) in [5.41, 5.74) is 1.27. The number of hydrogen-bond donors (Lipinski definition) is 0. The van der Waals surface area contributed by atoms with E-state index in [1.165, 1.54) is 18.4 Å². The highest BCUT2D eigenvalue weighted by atomic mass is 16.7. The molecule has 0 aromatic heterocycles. The molecule has 2 nitrogen and oxygen atoms in total. The van der Waals surface area contributed by atoms with Gasteiger partial charge >= 0.3 is 0 Å². The summed E-state index contributed by atoms with van der Waals surface area (Å²) in [6.45, 7) is 5.67. The monoisotopic (exact) mass is 170 g/mol. The second-order valence-corrected chi connectivity index (χ2v) is 3.24. The van der Waals surface area contributed by atoms with Crippen LogP contribution in [0.1, 0.15) is 33.1 Å². The molecule has 0 bridgehead atoms. The lowest BCUT2D eigenvalue weighted by Crippen LogP contribution is -2.22. The Morgan fingerprint density at radius 1 is 1.58 bits per heavy atom. The quantitative estimate of drug-likeness (QED) is 0.606. The van der Waals surface area contributed by atoms with Gasteiger partial charge in [0.1, 0.15) is 0 Å². The summed E-state index contributed by atoms with van der Waals surface area (Å²) in [5.74, 6) is 0. The first-order valence-corrected chi connectivity index (χ1v) is 4.68. The SMILES string of the molecule is C/C=C(/C)CO[C@H]1CCCCO1. The zero-order chi connectivity index (χ0) is 8.81. The molecule has 0 saturated carbocycles. The third-order valence-corrected chi connectivity index (χ3v) is 2.13. The van der Waals surface area contributed by atoms with Crippen molar-refractivity contribution in [3.63, 3.8) is 0 Å². The molecular weight excluding hydrogens is 152 g/mol. The van der Waals surface area contributed by atoms with Crippen molar-refractivity contribution < 1.29 is 9.47 Å². The molecule has 0 radical (unpaired) electrons. The maximum atomic E-state index is 5.55. The third-order valence-electron chi connectivity index (χ3n) is 2.13. The largest absolute Gasteiger partial charge is 0.353 e. The number of allylic oxidation sites excluding steroid dienone is 1. The molecule has 2 heteroatoms. The van der Waals surface area contributed by atoms with Gasteiger partial charge in [0.05, 0.1) is 6.61 Å². The molecule has 0 N–H and O–H groups in total. The van der Waals surface area contributed by atoms with E-state index >= 15 is 0 Å². The van der Waals surface area contributed by atoms with Crippen molar-refractivity contribution in [2.75, 3.05) is 13.2 Å². The molecule has 1 saturated heterocycles. The van der Waals surface area contributed by atoms with Crippen LogP contribution in [0, 0.1) is 0 Å². The highest BCUT2D eigenvalue weighted by Gasteiger charge is 2.13. The van der Waals surface area contributed by atoms with Crippen molar-refractivity contribution in [1.29, 1.82) is 0 Å². The zero-order valence-electron chi connectivity index (χ0n) is 8.01. The summed E-state index contributed by atoms with van der Waals surface area (Å²) in [6.07, 6.45) is 5.59. The summed E-state index contributed by atoms with van der Waals surface area (Å²) >= 11 is 0.